The largest absolute Gasteiger partial charge is 0.393 e. The molecule has 2 rings (SSSR count). The van der Waals surface area contributed by atoms with Crippen LogP contribution < -0.4 is 0 Å². The van der Waals surface area contributed by atoms with Crippen LogP contribution in [0.25, 0.3) is 0 Å². The first-order valence-electron chi connectivity index (χ1n) is 7.19. The highest BCUT2D eigenvalue weighted by atomic mass is 16.5. The summed E-state index contributed by atoms with van der Waals surface area (Å²) in [5, 5.41) is 9.80. The third-order valence-corrected chi connectivity index (χ3v) is 4.54. The number of aliphatic hydroxyl groups is 1. The van der Waals surface area contributed by atoms with E-state index < -0.39 is 0 Å². The lowest BCUT2D eigenvalue weighted by Crippen LogP contribution is -2.36. The maximum atomic E-state index is 9.80. The van der Waals surface area contributed by atoms with Crippen LogP contribution in [0.3, 0.4) is 0 Å². The van der Waals surface area contributed by atoms with Crippen LogP contribution in [0.15, 0.2) is 0 Å². The first-order chi connectivity index (χ1) is 8.29. The molecule has 1 saturated heterocycles. The number of hydrogen-bond donors (Lipinski definition) is 1. The zero-order chi connectivity index (χ0) is 12.1. The van der Waals surface area contributed by atoms with E-state index in [1.807, 2.05) is 0 Å². The van der Waals surface area contributed by atoms with E-state index in [0.29, 0.717) is 5.92 Å². The predicted octanol–water partition coefficient (Wildman–Crippen LogP) is 1.90. The second-order valence-electron chi connectivity index (χ2n) is 5.79. The molecule has 2 aliphatic rings. The van der Waals surface area contributed by atoms with Crippen LogP contribution in [0, 0.1) is 11.8 Å². The molecular formula is C14H27NO2. The van der Waals surface area contributed by atoms with E-state index in [4.69, 9.17) is 4.74 Å². The van der Waals surface area contributed by atoms with Gasteiger partial charge in [-0.15, -0.1) is 0 Å². The van der Waals surface area contributed by atoms with Crippen LogP contribution in [-0.2, 0) is 4.74 Å². The van der Waals surface area contributed by atoms with Gasteiger partial charge in [0.1, 0.15) is 0 Å². The van der Waals surface area contributed by atoms with Gasteiger partial charge in [0, 0.05) is 13.7 Å². The van der Waals surface area contributed by atoms with Gasteiger partial charge in [-0.3, -0.25) is 0 Å². The average Bonchev–Trinajstić information content (AvgIpc) is 2.75. The molecular weight excluding hydrogens is 214 g/mol. The molecule has 100 valence electrons. The van der Waals surface area contributed by atoms with Gasteiger partial charge in [-0.2, -0.15) is 0 Å². The standard InChI is InChI=1S/C14H27NO2/c1-17-11-12-5-8-15(9-6-12)10-7-13-3-2-4-14(13)16/h12-14,16H,2-11H2,1H3. The first-order valence-corrected chi connectivity index (χ1v) is 7.19. The Kier molecular flexibility index (Phi) is 5.26. The van der Waals surface area contributed by atoms with Gasteiger partial charge in [-0.25, -0.2) is 0 Å². The number of methoxy groups -OCH3 is 1. The van der Waals surface area contributed by atoms with Crippen molar-refractivity contribution in [2.75, 3.05) is 33.4 Å². The van der Waals surface area contributed by atoms with Crippen LogP contribution >= 0.6 is 0 Å². The van der Waals surface area contributed by atoms with E-state index in [1.165, 1.54) is 51.7 Å². The lowest BCUT2D eigenvalue weighted by atomic mass is 9.96. The van der Waals surface area contributed by atoms with Crippen LogP contribution in [-0.4, -0.2) is 49.5 Å². The Morgan fingerprint density at radius 1 is 1.18 bits per heavy atom. The fraction of sp³-hybridized carbons (Fsp3) is 1.00. The minimum absolute atomic E-state index is 0.0129. The Bertz CT molecular complexity index is 214. The van der Waals surface area contributed by atoms with Gasteiger partial charge in [-0.1, -0.05) is 6.42 Å². The Morgan fingerprint density at radius 3 is 2.53 bits per heavy atom. The zero-order valence-corrected chi connectivity index (χ0v) is 11.1. The van der Waals surface area contributed by atoms with Crippen molar-refractivity contribution >= 4 is 0 Å². The maximum absolute atomic E-state index is 9.80. The molecule has 0 spiro atoms. The summed E-state index contributed by atoms with van der Waals surface area (Å²) in [6.07, 6.45) is 7.23. The SMILES string of the molecule is COCC1CCN(CCC2CCCC2O)CC1. The molecule has 0 aromatic heterocycles. The number of aliphatic hydroxyl groups excluding tert-OH is 1. The van der Waals surface area contributed by atoms with Crippen molar-refractivity contribution < 1.29 is 9.84 Å². The molecule has 2 atom stereocenters. The summed E-state index contributed by atoms with van der Waals surface area (Å²) in [5.74, 6) is 1.35. The summed E-state index contributed by atoms with van der Waals surface area (Å²) in [6, 6.07) is 0. The van der Waals surface area contributed by atoms with E-state index in [1.54, 1.807) is 7.11 Å². The quantitative estimate of drug-likeness (QED) is 0.798. The minimum Gasteiger partial charge on any atom is -0.393 e. The molecule has 1 aliphatic heterocycles. The lowest BCUT2D eigenvalue weighted by molar-refractivity contribution is 0.0863. The predicted molar refractivity (Wildman–Crippen MR) is 69.0 cm³/mol. The van der Waals surface area contributed by atoms with Gasteiger partial charge in [0.15, 0.2) is 0 Å². The van der Waals surface area contributed by atoms with Gasteiger partial charge in [-0.05, 0) is 63.6 Å². The number of hydrogen-bond acceptors (Lipinski definition) is 3. The number of ether oxygens (including phenoxy) is 1. The van der Waals surface area contributed by atoms with Crippen molar-refractivity contribution in [3.05, 3.63) is 0 Å². The van der Waals surface area contributed by atoms with Gasteiger partial charge in [0.05, 0.1) is 6.10 Å². The molecule has 1 heterocycles. The van der Waals surface area contributed by atoms with Gasteiger partial charge < -0.3 is 14.7 Å². The molecule has 2 unspecified atom stereocenters. The summed E-state index contributed by atoms with van der Waals surface area (Å²) >= 11 is 0. The van der Waals surface area contributed by atoms with Gasteiger partial charge in [0.2, 0.25) is 0 Å². The Hall–Kier alpha value is -0.120. The van der Waals surface area contributed by atoms with Crippen LogP contribution in [0.2, 0.25) is 0 Å². The third kappa shape index (κ3) is 3.94. The van der Waals surface area contributed by atoms with Crippen molar-refractivity contribution in [2.45, 2.75) is 44.6 Å². The average molecular weight is 241 g/mol. The Morgan fingerprint density at radius 2 is 1.94 bits per heavy atom. The van der Waals surface area contributed by atoms with Gasteiger partial charge in [0.25, 0.3) is 0 Å². The molecule has 2 fully saturated rings. The number of nitrogens with zero attached hydrogens (tertiary/aromatic N) is 1. The summed E-state index contributed by atoms with van der Waals surface area (Å²) < 4.78 is 5.22. The third-order valence-electron chi connectivity index (χ3n) is 4.54. The summed E-state index contributed by atoms with van der Waals surface area (Å²) in [6.45, 7) is 4.55. The lowest BCUT2D eigenvalue weighted by Gasteiger charge is -2.32. The molecule has 17 heavy (non-hydrogen) atoms. The molecule has 0 radical (unpaired) electrons. The van der Waals surface area contributed by atoms with E-state index in [-0.39, 0.29) is 6.10 Å². The molecule has 0 amide bonds. The summed E-state index contributed by atoms with van der Waals surface area (Å²) in [5.41, 5.74) is 0. The number of rotatable bonds is 5. The van der Waals surface area contributed by atoms with Crippen LogP contribution in [0.1, 0.15) is 38.5 Å². The van der Waals surface area contributed by atoms with E-state index in [0.717, 1.165) is 18.9 Å². The molecule has 1 N–H and O–H groups in total. The zero-order valence-electron chi connectivity index (χ0n) is 11.1. The molecule has 3 heteroatoms. The molecule has 1 aliphatic carbocycles. The highest BCUT2D eigenvalue weighted by molar-refractivity contribution is 4.79. The molecule has 0 aromatic rings. The van der Waals surface area contributed by atoms with Crippen molar-refractivity contribution in [1.82, 2.24) is 4.90 Å². The topological polar surface area (TPSA) is 32.7 Å². The monoisotopic (exact) mass is 241 g/mol. The maximum Gasteiger partial charge on any atom is 0.0568 e. The van der Waals surface area contributed by atoms with E-state index in [2.05, 4.69) is 4.90 Å². The molecule has 1 saturated carbocycles. The molecule has 0 aromatic carbocycles. The fourth-order valence-corrected chi connectivity index (χ4v) is 3.31. The summed E-state index contributed by atoms with van der Waals surface area (Å²) in [4.78, 5) is 2.57. The molecule has 0 bridgehead atoms. The highest BCUT2D eigenvalue weighted by Gasteiger charge is 2.26. The highest BCUT2D eigenvalue weighted by Crippen LogP contribution is 2.29. The number of likely N-dealkylation sites (tertiary alicyclic amines) is 1. The summed E-state index contributed by atoms with van der Waals surface area (Å²) in [7, 11) is 1.80. The Labute approximate surface area is 105 Å². The number of piperidine rings is 1. The van der Waals surface area contributed by atoms with Gasteiger partial charge >= 0.3 is 0 Å². The fourth-order valence-electron chi connectivity index (χ4n) is 3.31. The van der Waals surface area contributed by atoms with E-state index in [9.17, 15) is 5.11 Å². The molecule has 3 nitrogen and oxygen atoms in total. The second-order valence-corrected chi connectivity index (χ2v) is 5.79. The van der Waals surface area contributed by atoms with Crippen LogP contribution in [0.4, 0.5) is 0 Å². The second kappa shape index (κ2) is 6.72. The van der Waals surface area contributed by atoms with Crippen molar-refractivity contribution in [3.8, 4) is 0 Å². The van der Waals surface area contributed by atoms with Crippen molar-refractivity contribution in [2.24, 2.45) is 11.8 Å². The smallest absolute Gasteiger partial charge is 0.0568 e. The minimum atomic E-state index is -0.0129. The first kappa shape index (κ1) is 13.3. The van der Waals surface area contributed by atoms with E-state index >= 15 is 0 Å². The normalized spacial score (nSPS) is 32.1. The van der Waals surface area contributed by atoms with Crippen molar-refractivity contribution in [1.29, 1.82) is 0 Å². The Balaban J connectivity index is 1.61. The van der Waals surface area contributed by atoms with Crippen molar-refractivity contribution in [3.63, 3.8) is 0 Å². The van der Waals surface area contributed by atoms with Crippen LogP contribution in [0.5, 0.6) is 0 Å².